The molecule has 0 aliphatic heterocycles. The number of nitrogens with two attached hydrogens (primary N) is 1. The molecular formula is C9H13N3O2. The van der Waals surface area contributed by atoms with Crippen LogP contribution < -0.4 is 5.73 Å². The second-order valence-corrected chi connectivity index (χ2v) is 3.25. The molecular weight excluding hydrogens is 182 g/mol. The lowest BCUT2D eigenvalue weighted by Crippen LogP contribution is -2.25. The van der Waals surface area contributed by atoms with Gasteiger partial charge in [0.25, 0.3) is 0 Å². The Morgan fingerprint density at radius 2 is 2.36 bits per heavy atom. The summed E-state index contributed by atoms with van der Waals surface area (Å²) in [5.41, 5.74) is 5.95. The molecule has 0 atom stereocenters. The van der Waals surface area contributed by atoms with Gasteiger partial charge in [-0.2, -0.15) is 0 Å². The van der Waals surface area contributed by atoms with Gasteiger partial charge < -0.3 is 5.73 Å². The molecule has 5 nitrogen and oxygen atoms in total. The first-order chi connectivity index (χ1) is 6.61. The molecule has 0 fully saturated rings. The summed E-state index contributed by atoms with van der Waals surface area (Å²) < 4.78 is 1.28. The second-order valence-electron chi connectivity index (χ2n) is 3.25. The maximum absolute atomic E-state index is 11.4. The van der Waals surface area contributed by atoms with Crippen molar-refractivity contribution in [1.82, 2.24) is 9.55 Å². The van der Waals surface area contributed by atoms with E-state index < -0.39 is 0 Å². The van der Waals surface area contributed by atoms with Crippen LogP contribution in [-0.4, -0.2) is 28.3 Å². The van der Waals surface area contributed by atoms with Crippen molar-refractivity contribution in [2.75, 3.05) is 6.54 Å². The first kappa shape index (κ1) is 10.6. The minimum absolute atomic E-state index is 0.115. The largest absolute Gasteiger partial charge is 0.322 e. The van der Waals surface area contributed by atoms with E-state index in [0.717, 1.165) is 0 Å². The molecule has 0 amide bonds. The Hall–Kier alpha value is -1.49. The Kier molecular flexibility index (Phi) is 3.14. The summed E-state index contributed by atoms with van der Waals surface area (Å²) in [5, 5.41) is 0. The molecule has 2 N–H and O–H groups in total. The number of imidazole rings is 1. The highest BCUT2D eigenvalue weighted by Gasteiger charge is 2.16. The number of aldehydes is 1. The molecule has 5 heteroatoms. The van der Waals surface area contributed by atoms with E-state index in [9.17, 15) is 9.59 Å². The van der Waals surface area contributed by atoms with Crippen LogP contribution in [0.1, 0.15) is 40.9 Å². The van der Waals surface area contributed by atoms with Crippen molar-refractivity contribution in [3.8, 4) is 0 Å². The van der Waals surface area contributed by atoms with Crippen LogP contribution in [0.2, 0.25) is 0 Å². The molecule has 1 heterocycles. The van der Waals surface area contributed by atoms with Gasteiger partial charge in [0.1, 0.15) is 0 Å². The monoisotopic (exact) mass is 195 g/mol. The summed E-state index contributed by atoms with van der Waals surface area (Å²) in [4.78, 5) is 25.9. The van der Waals surface area contributed by atoms with Gasteiger partial charge in [-0.1, -0.05) is 13.8 Å². The van der Waals surface area contributed by atoms with E-state index in [0.29, 0.717) is 12.0 Å². The SMILES string of the molecule is CC(C)c1cnc(C=O)n1C(=O)CN. The van der Waals surface area contributed by atoms with Crippen molar-refractivity contribution in [1.29, 1.82) is 0 Å². The van der Waals surface area contributed by atoms with E-state index in [2.05, 4.69) is 4.98 Å². The molecule has 0 aliphatic carbocycles. The maximum atomic E-state index is 11.4. The zero-order valence-corrected chi connectivity index (χ0v) is 8.23. The zero-order chi connectivity index (χ0) is 10.7. The van der Waals surface area contributed by atoms with Gasteiger partial charge in [0.05, 0.1) is 6.54 Å². The van der Waals surface area contributed by atoms with Crippen LogP contribution in [0.5, 0.6) is 0 Å². The van der Waals surface area contributed by atoms with Crippen molar-refractivity contribution >= 4 is 12.2 Å². The Bertz CT molecular complexity index is 355. The summed E-state index contributed by atoms with van der Waals surface area (Å²) >= 11 is 0. The molecule has 1 aromatic heterocycles. The fourth-order valence-electron chi connectivity index (χ4n) is 1.23. The average molecular weight is 195 g/mol. The van der Waals surface area contributed by atoms with Crippen LogP contribution in [0.25, 0.3) is 0 Å². The zero-order valence-electron chi connectivity index (χ0n) is 8.23. The molecule has 14 heavy (non-hydrogen) atoms. The molecule has 0 bridgehead atoms. The van der Waals surface area contributed by atoms with E-state index in [-0.39, 0.29) is 24.2 Å². The molecule has 0 aromatic carbocycles. The molecule has 1 rings (SSSR count). The molecule has 0 saturated heterocycles. The summed E-state index contributed by atoms with van der Waals surface area (Å²) in [5.74, 6) is -0.0656. The van der Waals surface area contributed by atoms with Crippen LogP contribution in [0.4, 0.5) is 0 Å². The van der Waals surface area contributed by atoms with Crippen LogP contribution >= 0.6 is 0 Å². The van der Waals surface area contributed by atoms with Gasteiger partial charge in [-0.25, -0.2) is 4.98 Å². The number of hydrogen-bond donors (Lipinski definition) is 1. The van der Waals surface area contributed by atoms with Crippen molar-refractivity contribution in [3.63, 3.8) is 0 Å². The lowest BCUT2D eigenvalue weighted by atomic mass is 10.1. The average Bonchev–Trinajstić information content (AvgIpc) is 2.59. The lowest BCUT2D eigenvalue weighted by Gasteiger charge is -2.08. The molecule has 1 aromatic rings. The van der Waals surface area contributed by atoms with Crippen LogP contribution in [0, 0.1) is 0 Å². The number of aromatic nitrogens is 2. The molecule has 0 saturated carbocycles. The maximum Gasteiger partial charge on any atom is 0.246 e. The minimum atomic E-state index is -0.312. The van der Waals surface area contributed by atoms with Crippen LogP contribution in [0.15, 0.2) is 6.20 Å². The van der Waals surface area contributed by atoms with Gasteiger partial charge in [0.15, 0.2) is 12.1 Å². The van der Waals surface area contributed by atoms with Gasteiger partial charge >= 0.3 is 0 Å². The van der Waals surface area contributed by atoms with Gasteiger partial charge in [-0.3, -0.25) is 14.2 Å². The molecule has 0 spiro atoms. The van der Waals surface area contributed by atoms with Crippen molar-refractivity contribution in [3.05, 3.63) is 17.7 Å². The van der Waals surface area contributed by atoms with Gasteiger partial charge in [-0.15, -0.1) is 0 Å². The Balaban J connectivity index is 3.26. The number of carbonyl (C=O) groups excluding carboxylic acids is 2. The highest BCUT2D eigenvalue weighted by Crippen LogP contribution is 2.15. The minimum Gasteiger partial charge on any atom is -0.322 e. The summed E-state index contributed by atoms with van der Waals surface area (Å²) in [7, 11) is 0. The van der Waals surface area contributed by atoms with Crippen molar-refractivity contribution in [2.24, 2.45) is 5.73 Å². The first-order valence-electron chi connectivity index (χ1n) is 4.37. The number of rotatable bonds is 3. The third-order valence-electron chi connectivity index (χ3n) is 1.94. The standard InChI is InChI=1S/C9H13N3O2/c1-6(2)7-4-11-8(5-13)12(7)9(14)3-10/h4-6H,3,10H2,1-2H3. The van der Waals surface area contributed by atoms with E-state index in [1.165, 1.54) is 10.8 Å². The molecule has 0 radical (unpaired) electrons. The van der Waals surface area contributed by atoms with E-state index >= 15 is 0 Å². The fourth-order valence-corrected chi connectivity index (χ4v) is 1.23. The Morgan fingerprint density at radius 3 is 2.79 bits per heavy atom. The number of hydrogen-bond acceptors (Lipinski definition) is 4. The van der Waals surface area contributed by atoms with Gasteiger partial charge in [0, 0.05) is 11.9 Å². The Labute approximate surface area is 81.9 Å². The van der Waals surface area contributed by atoms with E-state index in [1.807, 2.05) is 13.8 Å². The smallest absolute Gasteiger partial charge is 0.246 e. The van der Waals surface area contributed by atoms with Gasteiger partial charge in [0.2, 0.25) is 5.91 Å². The molecule has 76 valence electrons. The molecule has 0 aliphatic rings. The highest BCUT2D eigenvalue weighted by atomic mass is 16.2. The fraction of sp³-hybridized carbons (Fsp3) is 0.444. The highest BCUT2D eigenvalue weighted by molar-refractivity contribution is 5.87. The van der Waals surface area contributed by atoms with E-state index in [4.69, 9.17) is 5.73 Å². The lowest BCUT2D eigenvalue weighted by molar-refractivity contribution is 0.0906. The quantitative estimate of drug-likeness (QED) is 0.709. The van der Waals surface area contributed by atoms with Crippen molar-refractivity contribution in [2.45, 2.75) is 19.8 Å². The van der Waals surface area contributed by atoms with Gasteiger partial charge in [-0.05, 0) is 5.92 Å². The van der Waals surface area contributed by atoms with E-state index in [1.54, 1.807) is 0 Å². The summed E-state index contributed by atoms with van der Waals surface area (Å²) in [6.45, 7) is 3.72. The second kappa shape index (κ2) is 4.15. The Morgan fingerprint density at radius 1 is 1.71 bits per heavy atom. The van der Waals surface area contributed by atoms with Crippen LogP contribution in [-0.2, 0) is 0 Å². The predicted molar refractivity (Wildman–Crippen MR) is 51.4 cm³/mol. The van der Waals surface area contributed by atoms with Crippen molar-refractivity contribution < 1.29 is 9.59 Å². The predicted octanol–water partition coefficient (Wildman–Crippen LogP) is 0.418. The topological polar surface area (TPSA) is 78.0 Å². The third kappa shape index (κ3) is 1.72. The van der Waals surface area contributed by atoms with Crippen LogP contribution in [0.3, 0.4) is 0 Å². The first-order valence-corrected chi connectivity index (χ1v) is 4.37. The number of carbonyl (C=O) groups is 2. The normalized spacial score (nSPS) is 10.6. The summed E-state index contributed by atoms with van der Waals surface area (Å²) in [6.07, 6.45) is 2.08. The number of nitrogens with zero attached hydrogens (tertiary/aromatic N) is 2. The molecule has 0 unspecified atom stereocenters. The summed E-state index contributed by atoms with van der Waals surface area (Å²) in [6, 6.07) is 0. The third-order valence-corrected chi connectivity index (χ3v) is 1.94.